The van der Waals surface area contributed by atoms with E-state index < -0.39 is 5.97 Å². The van der Waals surface area contributed by atoms with Crippen LogP contribution in [0.15, 0.2) is 0 Å². The molecule has 0 saturated heterocycles. The highest BCUT2D eigenvalue weighted by Crippen LogP contribution is 2.36. The first-order valence-corrected chi connectivity index (χ1v) is 5.53. The van der Waals surface area contributed by atoms with Crippen LogP contribution in [0.4, 0.5) is 0 Å². The molecule has 3 nitrogen and oxygen atoms in total. The van der Waals surface area contributed by atoms with Gasteiger partial charge in [-0.2, -0.15) is 0 Å². The number of hydrogen-bond donors (Lipinski definition) is 2. The van der Waals surface area contributed by atoms with Gasteiger partial charge in [0.05, 0.1) is 0 Å². The molecule has 1 fully saturated rings. The molecule has 1 saturated carbocycles. The highest BCUT2D eigenvalue weighted by atomic mass is 16.4. The fraction of sp³-hybridized carbons (Fsp3) is 0.909. The second-order valence-electron chi connectivity index (χ2n) is 4.70. The van der Waals surface area contributed by atoms with Crippen LogP contribution in [-0.2, 0) is 4.79 Å². The van der Waals surface area contributed by atoms with Gasteiger partial charge in [-0.25, -0.2) is 0 Å². The lowest BCUT2D eigenvalue weighted by molar-refractivity contribution is -0.139. The van der Waals surface area contributed by atoms with Crippen molar-refractivity contribution in [1.29, 1.82) is 0 Å². The minimum Gasteiger partial charge on any atom is -0.480 e. The largest absolute Gasteiger partial charge is 0.480 e. The van der Waals surface area contributed by atoms with Crippen molar-refractivity contribution < 1.29 is 9.90 Å². The van der Waals surface area contributed by atoms with Crippen LogP contribution >= 0.6 is 0 Å². The van der Waals surface area contributed by atoms with E-state index in [4.69, 9.17) is 5.11 Å². The fourth-order valence-electron chi connectivity index (χ4n) is 2.18. The van der Waals surface area contributed by atoms with Gasteiger partial charge in [0, 0.05) is 6.54 Å². The summed E-state index contributed by atoms with van der Waals surface area (Å²) >= 11 is 0. The van der Waals surface area contributed by atoms with Crippen LogP contribution in [0.5, 0.6) is 0 Å². The van der Waals surface area contributed by atoms with Crippen molar-refractivity contribution in [1.82, 2.24) is 5.32 Å². The third kappa shape index (κ3) is 2.98. The van der Waals surface area contributed by atoms with Gasteiger partial charge >= 0.3 is 5.97 Å². The van der Waals surface area contributed by atoms with Crippen LogP contribution < -0.4 is 5.32 Å². The molecule has 14 heavy (non-hydrogen) atoms. The summed E-state index contributed by atoms with van der Waals surface area (Å²) in [4.78, 5) is 10.8. The Bertz CT molecular complexity index is 197. The van der Waals surface area contributed by atoms with Gasteiger partial charge in [-0.3, -0.25) is 4.79 Å². The van der Waals surface area contributed by atoms with Gasteiger partial charge in [0.2, 0.25) is 0 Å². The van der Waals surface area contributed by atoms with Gasteiger partial charge in [-0.05, 0) is 24.7 Å². The van der Waals surface area contributed by atoms with E-state index in [1.807, 2.05) is 6.92 Å². The van der Waals surface area contributed by atoms with E-state index in [-0.39, 0.29) is 6.04 Å². The van der Waals surface area contributed by atoms with Gasteiger partial charge in [0.25, 0.3) is 0 Å². The predicted molar refractivity (Wildman–Crippen MR) is 56.3 cm³/mol. The Morgan fingerprint density at radius 3 is 2.50 bits per heavy atom. The smallest absolute Gasteiger partial charge is 0.320 e. The van der Waals surface area contributed by atoms with Crippen molar-refractivity contribution in [2.24, 2.45) is 5.41 Å². The quantitative estimate of drug-likeness (QED) is 0.712. The molecular weight excluding hydrogens is 178 g/mol. The second-order valence-corrected chi connectivity index (χ2v) is 4.70. The molecule has 0 aromatic carbocycles. The molecule has 1 aliphatic rings. The summed E-state index contributed by atoms with van der Waals surface area (Å²) in [6.07, 6.45) is 5.71. The maximum atomic E-state index is 10.8. The molecule has 0 spiro atoms. The zero-order valence-electron chi connectivity index (χ0n) is 9.18. The molecule has 0 aliphatic heterocycles. The Labute approximate surface area is 85.9 Å². The molecule has 3 heteroatoms. The number of carboxylic acid groups (broad SMARTS) is 1. The lowest BCUT2D eigenvalue weighted by Crippen LogP contribution is -2.41. The molecule has 0 radical (unpaired) electrons. The zero-order valence-corrected chi connectivity index (χ0v) is 9.18. The molecule has 1 aliphatic carbocycles. The molecule has 0 amide bonds. The zero-order chi connectivity index (χ0) is 10.6. The van der Waals surface area contributed by atoms with E-state index in [1.165, 1.54) is 25.7 Å². The lowest BCUT2D eigenvalue weighted by atomic mass is 9.88. The summed E-state index contributed by atoms with van der Waals surface area (Å²) in [5, 5.41) is 12.0. The van der Waals surface area contributed by atoms with E-state index in [2.05, 4.69) is 12.2 Å². The molecular formula is C11H21NO2. The number of aliphatic carboxylic acids is 1. The van der Waals surface area contributed by atoms with Crippen LogP contribution in [0.2, 0.25) is 0 Å². The van der Waals surface area contributed by atoms with Crippen LogP contribution in [0, 0.1) is 5.41 Å². The second kappa shape index (κ2) is 4.78. The Balaban J connectivity index is 2.34. The first kappa shape index (κ1) is 11.5. The summed E-state index contributed by atoms with van der Waals surface area (Å²) in [6, 6.07) is -0.368. The summed E-state index contributed by atoms with van der Waals surface area (Å²) < 4.78 is 0. The van der Waals surface area contributed by atoms with Gasteiger partial charge in [-0.1, -0.05) is 26.7 Å². The molecule has 0 heterocycles. The molecule has 1 unspecified atom stereocenters. The van der Waals surface area contributed by atoms with E-state index in [0.717, 1.165) is 6.54 Å². The predicted octanol–water partition coefficient (Wildman–Crippen LogP) is 2.02. The monoisotopic (exact) mass is 199 g/mol. The number of carbonyl (C=O) groups is 1. The van der Waals surface area contributed by atoms with Gasteiger partial charge in [0.1, 0.15) is 6.04 Å². The third-order valence-corrected chi connectivity index (χ3v) is 3.29. The van der Waals surface area contributed by atoms with E-state index >= 15 is 0 Å². The Hall–Kier alpha value is -0.570. The first-order valence-electron chi connectivity index (χ1n) is 5.53. The van der Waals surface area contributed by atoms with Gasteiger partial charge < -0.3 is 10.4 Å². The molecule has 1 rings (SSSR count). The summed E-state index contributed by atoms with van der Waals surface area (Å²) in [7, 11) is 0. The van der Waals surface area contributed by atoms with Gasteiger partial charge in [0.15, 0.2) is 0 Å². The van der Waals surface area contributed by atoms with Crippen molar-refractivity contribution in [2.45, 2.75) is 52.0 Å². The summed E-state index contributed by atoms with van der Waals surface area (Å²) in [5.41, 5.74) is 0.336. The number of nitrogens with one attached hydrogen (secondary N) is 1. The minimum absolute atomic E-state index is 0.336. The topological polar surface area (TPSA) is 49.3 Å². The van der Waals surface area contributed by atoms with Crippen molar-refractivity contribution in [3.05, 3.63) is 0 Å². The van der Waals surface area contributed by atoms with E-state index in [9.17, 15) is 4.79 Å². The van der Waals surface area contributed by atoms with E-state index in [0.29, 0.717) is 11.8 Å². The average molecular weight is 199 g/mol. The highest BCUT2D eigenvalue weighted by molar-refractivity contribution is 5.73. The van der Waals surface area contributed by atoms with Crippen LogP contribution in [0.1, 0.15) is 46.0 Å². The van der Waals surface area contributed by atoms with Crippen LogP contribution in [0.25, 0.3) is 0 Å². The lowest BCUT2D eigenvalue weighted by Gasteiger charge is -2.25. The van der Waals surface area contributed by atoms with Crippen molar-refractivity contribution in [2.75, 3.05) is 6.54 Å². The maximum Gasteiger partial charge on any atom is 0.320 e. The highest BCUT2D eigenvalue weighted by Gasteiger charge is 2.29. The Morgan fingerprint density at radius 1 is 1.50 bits per heavy atom. The Kier molecular flexibility index (Phi) is 3.93. The molecule has 2 N–H and O–H groups in total. The van der Waals surface area contributed by atoms with Gasteiger partial charge in [-0.15, -0.1) is 0 Å². The average Bonchev–Trinajstić information content (AvgIpc) is 2.53. The molecule has 0 aromatic heterocycles. The molecule has 82 valence electrons. The SMILES string of the molecule is CCC(NCC1(C)CCCC1)C(=O)O. The first-order chi connectivity index (χ1) is 6.57. The molecule has 1 atom stereocenters. The summed E-state index contributed by atoms with van der Waals surface area (Å²) in [6.45, 7) is 5.00. The summed E-state index contributed by atoms with van der Waals surface area (Å²) in [5.74, 6) is -0.728. The minimum atomic E-state index is -0.728. The Morgan fingerprint density at radius 2 is 2.07 bits per heavy atom. The standard InChI is InChI=1S/C11H21NO2/c1-3-9(10(13)14)12-8-11(2)6-4-5-7-11/h9,12H,3-8H2,1-2H3,(H,13,14). The number of hydrogen-bond acceptors (Lipinski definition) is 2. The van der Waals surface area contributed by atoms with Crippen molar-refractivity contribution in [3.8, 4) is 0 Å². The molecule has 0 aromatic rings. The molecule has 0 bridgehead atoms. The van der Waals surface area contributed by atoms with Crippen LogP contribution in [0.3, 0.4) is 0 Å². The van der Waals surface area contributed by atoms with Crippen molar-refractivity contribution >= 4 is 5.97 Å². The van der Waals surface area contributed by atoms with Crippen LogP contribution in [-0.4, -0.2) is 23.7 Å². The number of carboxylic acids is 1. The normalized spacial score (nSPS) is 22.1. The number of rotatable bonds is 5. The van der Waals surface area contributed by atoms with Crippen molar-refractivity contribution in [3.63, 3.8) is 0 Å². The third-order valence-electron chi connectivity index (χ3n) is 3.29. The maximum absolute atomic E-state index is 10.8. The fourth-order valence-corrected chi connectivity index (χ4v) is 2.18. The van der Waals surface area contributed by atoms with E-state index in [1.54, 1.807) is 0 Å².